The van der Waals surface area contributed by atoms with E-state index in [0.29, 0.717) is 75.7 Å². The first-order valence-corrected chi connectivity index (χ1v) is 19.2. The number of nitrogens with one attached hydrogen (secondary N) is 2. The molecule has 3 aromatic rings. The van der Waals surface area contributed by atoms with E-state index in [-0.39, 0.29) is 24.5 Å². The maximum atomic E-state index is 12.9. The maximum Gasteiger partial charge on any atom is 0.224 e. The van der Waals surface area contributed by atoms with Gasteiger partial charge in [0, 0.05) is 54.7 Å². The Morgan fingerprint density at radius 2 is 1.82 bits per heavy atom. The molecule has 3 N–H and O–H groups in total. The standard InChI is InChI=1S/C40H55ClN6O4/c1-4-50-38-23-35-32(22-36(38)44-39(49)16-12-19-46(2)3)40(29(24-42)25-43-35)45-34-18-17-31(21-33(34)41)51-27-37-28(26-48)13-11-20-47(37)30-14-9-7-5-6-8-10-15-30/h17-18,21-23,25,28,30,37,48H,4-16,19-20,26-27H2,1-3H3,(H,43,45)(H,44,49). The van der Waals surface area contributed by atoms with Gasteiger partial charge in [-0.25, -0.2) is 0 Å². The number of aliphatic hydroxyl groups is 1. The van der Waals surface area contributed by atoms with E-state index in [1.807, 2.05) is 38.1 Å². The van der Waals surface area contributed by atoms with Crippen molar-refractivity contribution in [3.05, 3.63) is 47.1 Å². The number of aliphatic hydroxyl groups excluding tert-OH is 1. The van der Waals surface area contributed by atoms with Crippen LogP contribution in [0.5, 0.6) is 11.5 Å². The van der Waals surface area contributed by atoms with Gasteiger partial charge >= 0.3 is 0 Å². The van der Waals surface area contributed by atoms with Crippen LogP contribution in [-0.2, 0) is 4.79 Å². The number of rotatable bonds is 14. The molecule has 51 heavy (non-hydrogen) atoms. The van der Waals surface area contributed by atoms with Gasteiger partial charge in [0.15, 0.2) is 0 Å². The van der Waals surface area contributed by atoms with Crippen LogP contribution in [0.15, 0.2) is 36.5 Å². The first kappa shape index (κ1) is 38.6. The lowest BCUT2D eigenvalue weighted by molar-refractivity contribution is -0.116. The number of carbonyl (C=O) groups excluding carboxylic acids is 1. The van der Waals surface area contributed by atoms with E-state index in [2.05, 4.69) is 26.6 Å². The van der Waals surface area contributed by atoms with Crippen LogP contribution in [0.1, 0.15) is 89.5 Å². The van der Waals surface area contributed by atoms with Gasteiger partial charge < -0.3 is 30.1 Å². The van der Waals surface area contributed by atoms with Gasteiger partial charge in [-0.15, -0.1) is 0 Å². The first-order valence-electron chi connectivity index (χ1n) is 18.8. The number of piperidine rings is 1. The highest BCUT2D eigenvalue weighted by Gasteiger charge is 2.35. The average molecular weight is 719 g/mol. The van der Waals surface area contributed by atoms with E-state index in [9.17, 15) is 15.2 Å². The number of aromatic nitrogens is 1. The molecule has 1 saturated heterocycles. The van der Waals surface area contributed by atoms with Gasteiger partial charge in [-0.2, -0.15) is 5.26 Å². The molecular formula is C40H55ClN6O4. The van der Waals surface area contributed by atoms with Gasteiger partial charge in [0.25, 0.3) is 0 Å². The van der Waals surface area contributed by atoms with Crippen molar-refractivity contribution in [2.24, 2.45) is 5.92 Å². The molecule has 2 fully saturated rings. The number of nitrogens with zero attached hydrogens (tertiary/aromatic N) is 4. The van der Waals surface area contributed by atoms with E-state index < -0.39 is 0 Å². The van der Waals surface area contributed by atoms with Gasteiger partial charge in [0.2, 0.25) is 5.91 Å². The quantitative estimate of drug-likeness (QED) is 0.152. The first-order chi connectivity index (χ1) is 24.8. The summed E-state index contributed by atoms with van der Waals surface area (Å²) >= 11 is 6.87. The second kappa shape index (κ2) is 19.3. The number of anilines is 3. The van der Waals surface area contributed by atoms with Gasteiger partial charge in [0.1, 0.15) is 24.2 Å². The zero-order valence-corrected chi connectivity index (χ0v) is 31.3. The summed E-state index contributed by atoms with van der Waals surface area (Å²) in [5.74, 6) is 1.24. The van der Waals surface area contributed by atoms with Gasteiger partial charge in [-0.1, -0.05) is 50.1 Å². The lowest BCUT2D eigenvalue weighted by Gasteiger charge is -2.45. The molecule has 0 radical (unpaired) electrons. The lowest BCUT2D eigenvalue weighted by Crippen LogP contribution is -2.54. The molecule has 0 spiro atoms. The normalized spacial score (nSPS) is 19.2. The fraction of sp³-hybridized carbons (Fsp3) is 0.575. The molecule has 11 heteroatoms. The Morgan fingerprint density at radius 3 is 2.51 bits per heavy atom. The van der Waals surface area contributed by atoms with Crippen LogP contribution in [0.25, 0.3) is 10.9 Å². The van der Waals surface area contributed by atoms with Crippen LogP contribution in [0.3, 0.4) is 0 Å². The van der Waals surface area contributed by atoms with Crippen molar-refractivity contribution in [3.8, 4) is 17.6 Å². The number of likely N-dealkylation sites (tertiary alicyclic amines) is 1. The number of benzene rings is 2. The molecule has 1 aliphatic carbocycles. The summed E-state index contributed by atoms with van der Waals surface area (Å²) < 4.78 is 12.3. The number of fused-ring (bicyclic) bond motifs is 1. The topological polar surface area (TPSA) is 123 Å². The number of ether oxygens (including phenoxy) is 2. The zero-order valence-electron chi connectivity index (χ0n) is 30.6. The summed E-state index contributed by atoms with van der Waals surface area (Å²) in [6.45, 7) is 4.81. The third kappa shape index (κ3) is 10.5. The minimum Gasteiger partial charge on any atom is -0.492 e. The Labute approximate surface area is 308 Å². The molecule has 276 valence electrons. The zero-order chi connectivity index (χ0) is 36.2. The van der Waals surface area contributed by atoms with Crippen molar-refractivity contribution in [2.75, 3.05) is 57.6 Å². The number of carbonyl (C=O) groups is 1. The molecule has 2 unspecified atom stereocenters. The Balaban J connectivity index is 1.35. The number of hydrogen-bond acceptors (Lipinski definition) is 9. The van der Waals surface area contributed by atoms with Crippen LogP contribution < -0.4 is 20.1 Å². The van der Waals surface area contributed by atoms with Crippen molar-refractivity contribution in [2.45, 2.75) is 96.1 Å². The number of halogens is 1. The summed E-state index contributed by atoms with van der Waals surface area (Å²) in [5, 5.41) is 27.9. The molecule has 2 aromatic carbocycles. The molecule has 2 heterocycles. The molecule has 1 saturated carbocycles. The highest BCUT2D eigenvalue weighted by atomic mass is 35.5. The predicted octanol–water partition coefficient (Wildman–Crippen LogP) is 8.14. The summed E-state index contributed by atoms with van der Waals surface area (Å²) in [5.41, 5.74) is 2.60. The molecule has 10 nitrogen and oxygen atoms in total. The fourth-order valence-corrected chi connectivity index (χ4v) is 7.81. The third-order valence-electron chi connectivity index (χ3n) is 10.3. The highest BCUT2D eigenvalue weighted by Crippen LogP contribution is 2.38. The molecule has 1 aliphatic heterocycles. The molecule has 2 atom stereocenters. The second-order valence-corrected chi connectivity index (χ2v) is 14.6. The lowest BCUT2D eigenvalue weighted by atomic mass is 9.87. The van der Waals surface area contributed by atoms with Crippen molar-refractivity contribution in [3.63, 3.8) is 0 Å². The minimum atomic E-state index is -0.114. The monoisotopic (exact) mass is 718 g/mol. The van der Waals surface area contributed by atoms with Crippen molar-refractivity contribution < 1.29 is 19.4 Å². The summed E-state index contributed by atoms with van der Waals surface area (Å²) in [7, 11) is 3.96. The van der Waals surface area contributed by atoms with E-state index in [4.69, 9.17) is 21.1 Å². The summed E-state index contributed by atoms with van der Waals surface area (Å²) in [4.78, 5) is 22.1. The number of pyridine rings is 1. The molecule has 0 bridgehead atoms. The molecule has 5 rings (SSSR count). The molecule has 1 aromatic heterocycles. The summed E-state index contributed by atoms with van der Waals surface area (Å²) in [6, 6.07) is 12.1. The van der Waals surface area contributed by atoms with Crippen LogP contribution in [-0.4, -0.2) is 84.9 Å². The Morgan fingerprint density at radius 1 is 1.06 bits per heavy atom. The van der Waals surface area contributed by atoms with E-state index in [1.54, 1.807) is 18.2 Å². The predicted molar refractivity (Wildman–Crippen MR) is 205 cm³/mol. The van der Waals surface area contributed by atoms with Gasteiger partial charge in [0.05, 0.1) is 39.8 Å². The van der Waals surface area contributed by atoms with Gasteiger partial charge in [-0.05, 0) is 84.4 Å². The van der Waals surface area contributed by atoms with Crippen LogP contribution >= 0.6 is 11.6 Å². The van der Waals surface area contributed by atoms with Crippen LogP contribution in [0.4, 0.5) is 17.1 Å². The fourth-order valence-electron chi connectivity index (χ4n) is 7.59. The largest absolute Gasteiger partial charge is 0.492 e. The Hall–Kier alpha value is -3.62. The number of hydrogen-bond donors (Lipinski definition) is 3. The highest BCUT2D eigenvalue weighted by molar-refractivity contribution is 6.33. The number of amides is 1. The van der Waals surface area contributed by atoms with Crippen molar-refractivity contribution in [1.82, 2.24) is 14.8 Å². The van der Waals surface area contributed by atoms with E-state index in [0.717, 1.165) is 32.4 Å². The van der Waals surface area contributed by atoms with E-state index >= 15 is 0 Å². The Kier molecular flexibility index (Phi) is 14.6. The number of nitriles is 1. The third-order valence-corrected chi connectivity index (χ3v) is 10.6. The molecular weight excluding hydrogens is 664 g/mol. The van der Waals surface area contributed by atoms with E-state index in [1.165, 1.54) is 57.6 Å². The van der Waals surface area contributed by atoms with Crippen molar-refractivity contribution >= 4 is 45.5 Å². The van der Waals surface area contributed by atoms with Crippen LogP contribution in [0, 0.1) is 17.2 Å². The smallest absolute Gasteiger partial charge is 0.224 e. The Bertz CT molecular complexity index is 1640. The molecule has 1 amide bonds. The second-order valence-electron chi connectivity index (χ2n) is 14.2. The molecule has 2 aliphatic rings. The van der Waals surface area contributed by atoms with Crippen LogP contribution in [0.2, 0.25) is 5.02 Å². The van der Waals surface area contributed by atoms with Crippen molar-refractivity contribution in [1.29, 1.82) is 5.26 Å². The van der Waals surface area contributed by atoms with Gasteiger partial charge in [-0.3, -0.25) is 14.7 Å². The maximum absolute atomic E-state index is 12.9. The minimum absolute atomic E-state index is 0.114. The average Bonchev–Trinajstić information content (AvgIpc) is 3.26. The summed E-state index contributed by atoms with van der Waals surface area (Å²) in [6.07, 6.45) is 15.0. The SMILES string of the molecule is CCOc1cc2ncc(C#N)c(Nc3ccc(OCC4C(CO)CCCN4C4CCCCCCCC4)cc3Cl)c2cc1NC(=O)CCCN(C)C.